The first-order valence-corrected chi connectivity index (χ1v) is 9.09. The van der Waals surface area contributed by atoms with Gasteiger partial charge in [-0.3, -0.25) is 0 Å². The van der Waals surface area contributed by atoms with Gasteiger partial charge in [-0.1, -0.05) is 42.5 Å². The molecule has 0 spiro atoms. The summed E-state index contributed by atoms with van der Waals surface area (Å²) in [5, 5.41) is 3.36. The van der Waals surface area contributed by atoms with Crippen LogP contribution in [0.3, 0.4) is 0 Å². The Kier molecular flexibility index (Phi) is 5.29. The maximum absolute atomic E-state index is 11.5. The average Bonchev–Trinajstić information content (AvgIpc) is 3.05. The van der Waals surface area contributed by atoms with Crippen molar-refractivity contribution < 1.29 is 9.26 Å². The first kappa shape index (κ1) is 18.4. The number of ether oxygens (including phenoxy) is 1. The standard InChI is InChI=1S/C22H19N3O4/c26-21-24-22(27)29-25(21)14-16-9-11-20(12-10-16)28-15-17-5-4-8-19(13-17)23-18-6-2-1-3-7-18/h1-13,23H,14-15H2,(H,24,26,27). The molecule has 0 atom stereocenters. The van der Waals surface area contributed by atoms with Crippen LogP contribution in [0.15, 0.2) is 93.0 Å². The molecule has 146 valence electrons. The number of rotatable bonds is 7. The first-order chi connectivity index (χ1) is 14.2. The summed E-state index contributed by atoms with van der Waals surface area (Å²) in [5.41, 5.74) is 3.30. The Bertz CT molecular complexity index is 1190. The highest BCUT2D eigenvalue weighted by atomic mass is 16.5. The molecule has 0 aliphatic rings. The highest BCUT2D eigenvalue weighted by Gasteiger charge is 2.04. The fraction of sp³-hybridized carbons (Fsp3) is 0.0909. The highest BCUT2D eigenvalue weighted by molar-refractivity contribution is 5.59. The van der Waals surface area contributed by atoms with Crippen molar-refractivity contribution >= 4 is 11.4 Å². The third-order valence-electron chi connectivity index (χ3n) is 4.27. The van der Waals surface area contributed by atoms with E-state index in [0.29, 0.717) is 12.4 Å². The number of para-hydroxylation sites is 1. The number of benzene rings is 3. The lowest BCUT2D eigenvalue weighted by Crippen LogP contribution is -2.17. The molecule has 0 saturated heterocycles. The molecule has 2 N–H and O–H groups in total. The van der Waals surface area contributed by atoms with Crippen LogP contribution in [-0.2, 0) is 13.2 Å². The summed E-state index contributed by atoms with van der Waals surface area (Å²) in [6.07, 6.45) is 0. The molecule has 0 fully saturated rings. The van der Waals surface area contributed by atoms with E-state index in [1.54, 1.807) is 0 Å². The van der Waals surface area contributed by atoms with Gasteiger partial charge in [0, 0.05) is 11.4 Å². The van der Waals surface area contributed by atoms with Gasteiger partial charge in [-0.15, -0.1) is 4.74 Å². The molecule has 1 heterocycles. The number of nitrogens with zero attached hydrogens (tertiary/aromatic N) is 1. The SMILES string of the molecule is O=c1[nH]c(=O)n(Cc2ccc(OCc3cccc(Nc4ccccc4)c3)cc2)o1. The molecule has 4 aromatic rings. The van der Waals surface area contributed by atoms with Gasteiger partial charge in [0.25, 0.3) is 0 Å². The normalized spacial score (nSPS) is 10.6. The summed E-state index contributed by atoms with van der Waals surface area (Å²) < 4.78 is 11.6. The van der Waals surface area contributed by atoms with Crippen molar-refractivity contribution in [1.29, 1.82) is 0 Å². The molecule has 0 radical (unpaired) electrons. The van der Waals surface area contributed by atoms with Crippen molar-refractivity contribution in [2.75, 3.05) is 5.32 Å². The predicted molar refractivity (Wildman–Crippen MR) is 110 cm³/mol. The first-order valence-electron chi connectivity index (χ1n) is 9.09. The van der Waals surface area contributed by atoms with Crippen LogP contribution in [0.25, 0.3) is 0 Å². The quantitative estimate of drug-likeness (QED) is 0.505. The van der Waals surface area contributed by atoms with E-state index in [1.165, 1.54) is 0 Å². The van der Waals surface area contributed by atoms with Crippen LogP contribution in [0.4, 0.5) is 11.4 Å². The van der Waals surface area contributed by atoms with Crippen LogP contribution in [0.5, 0.6) is 5.75 Å². The Labute approximate surface area is 166 Å². The molecular formula is C22H19N3O4. The van der Waals surface area contributed by atoms with Crippen molar-refractivity contribution in [2.24, 2.45) is 0 Å². The molecule has 7 nitrogen and oxygen atoms in total. The second-order valence-corrected chi connectivity index (χ2v) is 6.47. The minimum atomic E-state index is -0.765. The van der Waals surface area contributed by atoms with Gasteiger partial charge in [0.1, 0.15) is 12.4 Å². The van der Waals surface area contributed by atoms with Gasteiger partial charge in [-0.05, 0) is 47.5 Å². The zero-order valence-corrected chi connectivity index (χ0v) is 15.5. The van der Waals surface area contributed by atoms with Gasteiger partial charge in [0.15, 0.2) is 0 Å². The lowest BCUT2D eigenvalue weighted by atomic mass is 10.2. The second kappa shape index (κ2) is 8.35. The van der Waals surface area contributed by atoms with E-state index in [4.69, 9.17) is 9.26 Å². The highest BCUT2D eigenvalue weighted by Crippen LogP contribution is 2.19. The number of aromatic nitrogens is 2. The van der Waals surface area contributed by atoms with Crippen molar-refractivity contribution in [1.82, 2.24) is 9.72 Å². The number of hydrogen-bond donors (Lipinski definition) is 2. The third kappa shape index (κ3) is 4.84. The van der Waals surface area contributed by atoms with Crippen LogP contribution >= 0.6 is 0 Å². The van der Waals surface area contributed by atoms with E-state index in [2.05, 4.69) is 10.3 Å². The molecule has 4 rings (SSSR count). The fourth-order valence-electron chi connectivity index (χ4n) is 2.87. The largest absolute Gasteiger partial charge is 0.489 e. The van der Waals surface area contributed by atoms with E-state index in [0.717, 1.165) is 27.2 Å². The van der Waals surface area contributed by atoms with Crippen molar-refractivity contribution in [2.45, 2.75) is 13.2 Å². The Morgan fingerprint density at radius 3 is 2.34 bits per heavy atom. The van der Waals surface area contributed by atoms with Crippen LogP contribution in [0.2, 0.25) is 0 Å². The van der Waals surface area contributed by atoms with Gasteiger partial charge in [-0.25, -0.2) is 14.6 Å². The Balaban J connectivity index is 1.36. The van der Waals surface area contributed by atoms with E-state index in [9.17, 15) is 9.59 Å². The van der Waals surface area contributed by atoms with Crippen LogP contribution in [0.1, 0.15) is 11.1 Å². The molecule has 0 bridgehead atoms. The maximum Gasteiger partial charge on any atom is 0.440 e. The molecular weight excluding hydrogens is 370 g/mol. The number of nitrogens with one attached hydrogen (secondary N) is 2. The van der Waals surface area contributed by atoms with E-state index >= 15 is 0 Å². The Morgan fingerprint density at radius 2 is 1.62 bits per heavy atom. The average molecular weight is 389 g/mol. The van der Waals surface area contributed by atoms with Gasteiger partial charge in [0.05, 0.1) is 6.54 Å². The van der Waals surface area contributed by atoms with Crippen molar-refractivity contribution in [3.8, 4) is 5.75 Å². The number of aromatic amines is 1. The molecule has 7 heteroatoms. The van der Waals surface area contributed by atoms with E-state index < -0.39 is 11.4 Å². The number of hydrogen-bond acceptors (Lipinski definition) is 5. The van der Waals surface area contributed by atoms with Crippen LogP contribution in [0, 0.1) is 0 Å². The zero-order chi connectivity index (χ0) is 20.1. The maximum atomic E-state index is 11.5. The minimum Gasteiger partial charge on any atom is -0.489 e. The molecule has 0 aliphatic heterocycles. The Hall–Kier alpha value is -4.00. The number of anilines is 2. The second-order valence-electron chi connectivity index (χ2n) is 6.47. The van der Waals surface area contributed by atoms with Crippen LogP contribution in [-0.4, -0.2) is 9.72 Å². The van der Waals surface area contributed by atoms with Gasteiger partial charge in [0.2, 0.25) is 0 Å². The monoisotopic (exact) mass is 389 g/mol. The molecule has 1 aromatic heterocycles. The van der Waals surface area contributed by atoms with Gasteiger partial charge >= 0.3 is 11.4 Å². The lowest BCUT2D eigenvalue weighted by molar-refractivity contribution is 0.258. The van der Waals surface area contributed by atoms with E-state index in [-0.39, 0.29) is 6.54 Å². The molecule has 0 saturated carbocycles. The van der Waals surface area contributed by atoms with Gasteiger partial charge in [-0.2, -0.15) is 0 Å². The van der Waals surface area contributed by atoms with Crippen molar-refractivity contribution in [3.63, 3.8) is 0 Å². The third-order valence-corrected chi connectivity index (χ3v) is 4.27. The summed E-state index contributed by atoms with van der Waals surface area (Å²) >= 11 is 0. The smallest absolute Gasteiger partial charge is 0.440 e. The van der Waals surface area contributed by atoms with Crippen molar-refractivity contribution in [3.05, 3.63) is 111 Å². The minimum absolute atomic E-state index is 0.172. The predicted octanol–water partition coefficient (Wildman–Crippen LogP) is 3.50. The fourth-order valence-corrected chi connectivity index (χ4v) is 2.87. The summed E-state index contributed by atoms with van der Waals surface area (Å²) in [7, 11) is 0. The van der Waals surface area contributed by atoms with E-state index in [1.807, 2.05) is 78.9 Å². The van der Waals surface area contributed by atoms with Gasteiger partial charge < -0.3 is 14.6 Å². The van der Waals surface area contributed by atoms with Crippen LogP contribution < -0.4 is 21.5 Å². The summed E-state index contributed by atoms with van der Waals surface area (Å²) in [4.78, 5) is 24.6. The molecule has 0 amide bonds. The zero-order valence-electron chi connectivity index (χ0n) is 15.5. The topological polar surface area (TPSA) is 89.3 Å². The Morgan fingerprint density at radius 1 is 0.862 bits per heavy atom. The lowest BCUT2D eigenvalue weighted by Gasteiger charge is -2.10. The molecule has 3 aromatic carbocycles. The molecule has 0 aliphatic carbocycles. The summed E-state index contributed by atoms with van der Waals surface area (Å²) in [6.45, 7) is 0.598. The summed E-state index contributed by atoms with van der Waals surface area (Å²) in [5.74, 6) is -0.0584. The summed E-state index contributed by atoms with van der Waals surface area (Å²) in [6, 6.07) is 25.3. The number of H-pyrrole nitrogens is 1. The molecule has 29 heavy (non-hydrogen) atoms. The molecule has 0 unspecified atom stereocenters.